The summed E-state index contributed by atoms with van der Waals surface area (Å²) in [4.78, 5) is 14.5. The third-order valence-corrected chi connectivity index (χ3v) is 4.76. The normalized spacial score (nSPS) is 15.4. The van der Waals surface area contributed by atoms with Gasteiger partial charge in [0, 0.05) is 24.6 Å². The number of aromatic nitrogens is 1. The van der Waals surface area contributed by atoms with Crippen molar-refractivity contribution >= 4 is 5.91 Å². The van der Waals surface area contributed by atoms with Gasteiger partial charge in [0.1, 0.15) is 11.4 Å². The zero-order valence-electron chi connectivity index (χ0n) is 15.4. The Morgan fingerprint density at radius 1 is 1.19 bits per heavy atom. The highest BCUT2D eigenvalue weighted by Gasteiger charge is 2.12. The summed E-state index contributed by atoms with van der Waals surface area (Å²) in [5.41, 5.74) is 1.70. The molecule has 2 heterocycles. The Kier molecular flexibility index (Phi) is 6.66. The molecule has 1 aliphatic heterocycles. The fourth-order valence-corrected chi connectivity index (χ4v) is 3.19. The molecule has 6 heteroatoms. The predicted molar refractivity (Wildman–Crippen MR) is 99.9 cm³/mol. The molecule has 1 aliphatic rings. The molecule has 0 aliphatic carbocycles. The van der Waals surface area contributed by atoms with Crippen molar-refractivity contribution < 1.29 is 14.1 Å². The van der Waals surface area contributed by atoms with Crippen molar-refractivity contribution in [3.8, 4) is 17.0 Å². The van der Waals surface area contributed by atoms with E-state index in [0.717, 1.165) is 36.6 Å². The monoisotopic (exact) mass is 357 g/mol. The molecule has 0 atom stereocenters. The van der Waals surface area contributed by atoms with Crippen molar-refractivity contribution in [1.29, 1.82) is 0 Å². The fourth-order valence-electron chi connectivity index (χ4n) is 3.19. The van der Waals surface area contributed by atoms with Gasteiger partial charge in [-0.05, 0) is 50.2 Å². The summed E-state index contributed by atoms with van der Waals surface area (Å²) in [6.07, 6.45) is 5.64. The van der Waals surface area contributed by atoms with Crippen LogP contribution in [0.1, 0.15) is 37.9 Å². The first kappa shape index (κ1) is 18.5. The highest BCUT2D eigenvalue weighted by Crippen LogP contribution is 2.22. The van der Waals surface area contributed by atoms with Crippen LogP contribution in [0.2, 0.25) is 0 Å². The summed E-state index contributed by atoms with van der Waals surface area (Å²) in [5, 5.41) is 6.99. The summed E-state index contributed by atoms with van der Waals surface area (Å²) in [7, 11) is 1.64. The predicted octanol–water partition coefficient (Wildman–Crippen LogP) is 3.23. The molecule has 6 nitrogen and oxygen atoms in total. The minimum atomic E-state index is 0.0524. The maximum absolute atomic E-state index is 12.1. The third-order valence-electron chi connectivity index (χ3n) is 4.76. The van der Waals surface area contributed by atoms with Crippen molar-refractivity contribution in [3.05, 3.63) is 36.1 Å². The molecule has 0 unspecified atom stereocenters. The number of likely N-dealkylation sites (tertiary alicyclic amines) is 1. The van der Waals surface area contributed by atoms with E-state index in [1.807, 2.05) is 30.3 Å². The van der Waals surface area contributed by atoms with Crippen LogP contribution < -0.4 is 10.1 Å². The lowest BCUT2D eigenvalue weighted by Gasteiger charge is -2.18. The number of methoxy groups -OCH3 is 1. The first-order chi connectivity index (χ1) is 12.7. The largest absolute Gasteiger partial charge is 0.497 e. The van der Waals surface area contributed by atoms with Crippen molar-refractivity contribution in [3.63, 3.8) is 0 Å². The standard InChI is InChI=1S/C20H27N3O3/c1-25-17-8-6-16(7-9-17)19-14-18(26-22-19)15-21-20(24)10-13-23-11-4-2-3-5-12-23/h6-9,14H,2-5,10-13,15H2,1H3,(H,21,24). The Morgan fingerprint density at radius 2 is 1.92 bits per heavy atom. The van der Waals surface area contributed by atoms with E-state index >= 15 is 0 Å². The van der Waals surface area contributed by atoms with Crippen LogP contribution in [0.15, 0.2) is 34.9 Å². The Labute approximate surface area is 154 Å². The van der Waals surface area contributed by atoms with Crippen LogP contribution >= 0.6 is 0 Å². The van der Waals surface area contributed by atoms with Gasteiger partial charge >= 0.3 is 0 Å². The molecule has 1 fully saturated rings. The van der Waals surface area contributed by atoms with Crippen LogP contribution in [-0.4, -0.2) is 42.7 Å². The summed E-state index contributed by atoms with van der Waals surface area (Å²) in [6.45, 7) is 3.42. The molecule has 140 valence electrons. The fraction of sp³-hybridized carbons (Fsp3) is 0.500. The van der Waals surface area contributed by atoms with E-state index in [1.54, 1.807) is 7.11 Å². The van der Waals surface area contributed by atoms with Crippen LogP contribution in [0.25, 0.3) is 11.3 Å². The number of nitrogens with zero attached hydrogens (tertiary/aromatic N) is 2. The molecule has 3 rings (SSSR count). The van der Waals surface area contributed by atoms with Crippen LogP contribution in [0.4, 0.5) is 0 Å². The number of ether oxygens (including phenoxy) is 1. The molecular weight excluding hydrogens is 330 g/mol. The van der Waals surface area contributed by atoms with Gasteiger partial charge in [0.05, 0.1) is 13.7 Å². The second kappa shape index (κ2) is 9.38. The highest BCUT2D eigenvalue weighted by molar-refractivity contribution is 5.76. The van der Waals surface area contributed by atoms with Gasteiger partial charge in [-0.3, -0.25) is 4.79 Å². The van der Waals surface area contributed by atoms with Crippen molar-refractivity contribution in [2.75, 3.05) is 26.7 Å². The lowest BCUT2D eigenvalue weighted by atomic mass is 10.1. The van der Waals surface area contributed by atoms with E-state index in [2.05, 4.69) is 15.4 Å². The van der Waals surface area contributed by atoms with E-state index in [0.29, 0.717) is 18.7 Å². The molecule has 1 saturated heterocycles. The van der Waals surface area contributed by atoms with Crippen molar-refractivity contribution in [1.82, 2.24) is 15.4 Å². The number of nitrogens with one attached hydrogen (secondary N) is 1. The van der Waals surface area contributed by atoms with Gasteiger partial charge in [-0.25, -0.2) is 0 Å². The Morgan fingerprint density at radius 3 is 2.62 bits per heavy atom. The van der Waals surface area contributed by atoms with E-state index in [4.69, 9.17) is 9.26 Å². The molecule has 1 N–H and O–H groups in total. The van der Waals surface area contributed by atoms with Crippen LogP contribution in [0.3, 0.4) is 0 Å². The van der Waals surface area contributed by atoms with Crippen molar-refractivity contribution in [2.45, 2.75) is 38.6 Å². The lowest BCUT2D eigenvalue weighted by Crippen LogP contribution is -2.31. The van der Waals surface area contributed by atoms with Crippen LogP contribution in [0.5, 0.6) is 5.75 Å². The molecule has 0 bridgehead atoms. The number of rotatable bonds is 7. The Hall–Kier alpha value is -2.34. The molecule has 0 spiro atoms. The van der Waals surface area contributed by atoms with Crippen LogP contribution in [-0.2, 0) is 11.3 Å². The number of carbonyl (C=O) groups is 1. The molecule has 0 saturated carbocycles. The third kappa shape index (κ3) is 5.33. The summed E-state index contributed by atoms with van der Waals surface area (Å²) >= 11 is 0. The zero-order chi connectivity index (χ0) is 18.2. The molecule has 1 aromatic carbocycles. The number of benzene rings is 1. The minimum Gasteiger partial charge on any atom is -0.497 e. The van der Waals surface area contributed by atoms with E-state index in [1.165, 1.54) is 25.7 Å². The number of hydrogen-bond acceptors (Lipinski definition) is 5. The number of amides is 1. The van der Waals surface area contributed by atoms with E-state index < -0.39 is 0 Å². The molecule has 26 heavy (non-hydrogen) atoms. The lowest BCUT2D eigenvalue weighted by molar-refractivity contribution is -0.121. The maximum atomic E-state index is 12.1. The van der Waals surface area contributed by atoms with Crippen LogP contribution in [0, 0.1) is 0 Å². The smallest absolute Gasteiger partial charge is 0.221 e. The average molecular weight is 357 g/mol. The quantitative estimate of drug-likeness (QED) is 0.824. The van der Waals surface area contributed by atoms with Crippen molar-refractivity contribution in [2.24, 2.45) is 0 Å². The second-order valence-electron chi connectivity index (χ2n) is 6.69. The topological polar surface area (TPSA) is 67.6 Å². The van der Waals surface area contributed by atoms with Gasteiger partial charge < -0.3 is 19.5 Å². The first-order valence-electron chi connectivity index (χ1n) is 9.33. The SMILES string of the molecule is COc1ccc(-c2cc(CNC(=O)CCN3CCCCCC3)on2)cc1. The van der Waals surface area contributed by atoms with Gasteiger partial charge in [0.2, 0.25) is 5.91 Å². The maximum Gasteiger partial charge on any atom is 0.221 e. The van der Waals surface area contributed by atoms with E-state index in [-0.39, 0.29) is 5.91 Å². The molecule has 1 amide bonds. The molecule has 1 aromatic heterocycles. The Balaban J connectivity index is 1.44. The van der Waals surface area contributed by atoms with E-state index in [9.17, 15) is 4.79 Å². The van der Waals surface area contributed by atoms with Gasteiger partial charge in [-0.15, -0.1) is 0 Å². The zero-order valence-corrected chi connectivity index (χ0v) is 15.4. The summed E-state index contributed by atoms with van der Waals surface area (Å²) in [6, 6.07) is 9.49. The van der Waals surface area contributed by atoms with Gasteiger partial charge in [-0.2, -0.15) is 0 Å². The first-order valence-corrected chi connectivity index (χ1v) is 9.33. The second-order valence-corrected chi connectivity index (χ2v) is 6.69. The molecular formula is C20H27N3O3. The summed E-state index contributed by atoms with van der Waals surface area (Å²) < 4.78 is 10.5. The molecule has 0 radical (unpaired) electrons. The number of hydrogen-bond donors (Lipinski definition) is 1. The van der Waals surface area contributed by atoms with Gasteiger partial charge in [-0.1, -0.05) is 18.0 Å². The Bertz CT molecular complexity index is 689. The average Bonchev–Trinajstić information content (AvgIpc) is 3.00. The van der Waals surface area contributed by atoms with Gasteiger partial charge in [0.15, 0.2) is 5.76 Å². The van der Waals surface area contributed by atoms with Gasteiger partial charge in [0.25, 0.3) is 0 Å². The number of carbonyl (C=O) groups excluding carboxylic acids is 1. The summed E-state index contributed by atoms with van der Waals surface area (Å²) in [5.74, 6) is 1.50. The highest BCUT2D eigenvalue weighted by atomic mass is 16.5. The minimum absolute atomic E-state index is 0.0524. The molecule has 2 aromatic rings.